The topological polar surface area (TPSA) is 47.6 Å². The Kier molecular flexibility index (Phi) is 4.84. The summed E-state index contributed by atoms with van der Waals surface area (Å²) in [5, 5.41) is 4.71. The Bertz CT molecular complexity index is 893. The van der Waals surface area contributed by atoms with E-state index < -0.39 is 6.10 Å². The van der Waals surface area contributed by atoms with Crippen LogP contribution in [0.4, 0.5) is 10.1 Å². The summed E-state index contributed by atoms with van der Waals surface area (Å²) in [5.74, 6) is 0.681. The Balaban J connectivity index is 1.71. The normalized spacial score (nSPS) is 11.8. The first-order chi connectivity index (χ1) is 12.0. The van der Waals surface area contributed by atoms with Crippen molar-refractivity contribution in [2.45, 2.75) is 13.0 Å². The minimum atomic E-state index is -0.701. The molecule has 3 aromatic rings. The van der Waals surface area contributed by atoms with Crippen LogP contribution in [0.3, 0.4) is 0 Å². The number of methoxy groups -OCH3 is 1. The number of carbonyl (C=O) groups excluding carboxylic acids is 1. The van der Waals surface area contributed by atoms with Crippen molar-refractivity contribution in [2.75, 3.05) is 12.4 Å². The van der Waals surface area contributed by atoms with Crippen LogP contribution in [0.25, 0.3) is 10.8 Å². The minimum Gasteiger partial charge on any atom is -0.497 e. The molecule has 1 atom stereocenters. The van der Waals surface area contributed by atoms with Crippen LogP contribution in [0.5, 0.6) is 11.5 Å². The van der Waals surface area contributed by atoms with E-state index in [0.29, 0.717) is 11.4 Å². The summed E-state index contributed by atoms with van der Waals surface area (Å²) in [5.41, 5.74) is 0.519. The predicted molar refractivity (Wildman–Crippen MR) is 95.6 cm³/mol. The molecule has 5 heteroatoms. The third kappa shape index (κ3) is 4.07. The van der Waals surface area contributed by atoms with E-state index in [0.717, 1.165) is 16.5 Å². The van der Waals surface area contributed by atoms with E-state index in [9.17, 15) is 9.18 Å². The fourth-order valence-corrected chi connectivity index (χ4v) is 2.44. The number of rotatable bonds is 5. The Morgan fingerprint density at radius 1 is 0.960 bits per heavy atom. The van der Waals surface area contributed by atoms with Gasteiger partial charge in [0.05, 0.1) is 7.11 Å². The zero-order valence-corrected chi connectivity index (χ0v) is 14.0. The fourth-order valence-electron chi connectivity index (χ4n) is 2.44. The van der Waals surface area contributed by atoms with Gasteiger partial charge < -0.3 is 14.8 Å². The summed E-state index contributed by atoms with van der Waals surface area (Å²) >= 11 is 0. The average Bonchev–Trinajstić information content (AvgIpc) is 2.62. The Morgan fingerprint density at radius 3 is 2.28 bits per heavy atom. The zero-order chi connectivity index (χ0) is 17.8. The maximum atomic E-state index is 12.9. The van der Waals surface area contributed by atoms with Gasteiger partial charge in [0, 0.05) is 5.69 Å². The summed E-state index contributed by atoms with van der Waals surface area (Å²) in [4.78, 5) is 12.2. The lowest BCUT2D eigenvalue weighted by atomic mass is 10.1. The van der Waals surface area contributed by atoms with Crippen LogP contribution in [0.1, 0.15) is 6.92 Å². The van der Waals surface area contributed by atoms with Gasteiger partial charge >= 0.3 is 0 Å². The van der Waals surface area contributed by atoms with Crippen molar-refractivity contribution < 1.29 is 18.7 Å². The number of nitrogens with one attached hydrogen (secondary N) is 1. The second kappa shape index (κ2) is 7.21. The molecule has 128 valence electrons. The van der Waals surface area contributed by atoms with E-state index in [1.165, 1.54) is 24.3 Å². The number of carbonyl (C=O) groups is 1. The van der Waals surface area contributed by atoms with Gasteiger partial charge in [-0.3, -0.25) is 4.79 Å². The number of benzene rings is 3. The molecule has 0 spiro atoms. The molecule has 0 fully saturated rings. The van der Waals surface area contributed by atoms with Gasteiger partial charge in [0.15, 0.2) is 6.10 Å². The maximum absolute atomic E-state index is 12.9. The third-order valence-electron chi connectivity index (χ3n) is 3.81. The highest BCUT2D eigenvalue weighted by Gasteiger charge is 2.15. The first kappa shape index (κ1) is 16.8. The molecule has 0 heterocycles. The van der Waals surface area contributed by atoms with Gasteiger partial charge in [-0.25, -0.2) is 4.39 Å². The molecule has 0 saturated carbocycles. The Labute approximate surface area is 145 Å². The molecule has 3 rings (SSSR count). The van der Waals surface area contributed by atoms with Crippen molar-refractivity contribution in [3.8, 4) is 11.5 Å². The molecule has 0 saturated heterocycles. The first-order valence-corrected chi connectivity index (χ1v) is 7.86. The molecular weight excluding hydrogens is 321 g/mol. The highest BCUT2D eigenvalue weighted by molar-refractivity contribution is 5.94. The van der Waals surface area contributed by atoms with Gasteiger partial charge in [-0.05, 0) is 66.2 Å². The highest BCUT2D eigenvalue weighted by atomic mass is 19.1. The molecule has 25 heavy (non-hydrogen) atoms. The van der Waals surface area contributed by atoms with Crippen LogP contribution >= 0.6 is 0 Å². The number of halogens is 1. The molecule has 0 aliphatic rings. The molecular formula is C20H18FNO3. The van der Waals surface area contributed by atoms with Crippen LogP contribution < -0.4 is 14.8 Å². The largest absolute Gasteiger partial charge is 0.497 e. The van der Waals surface area contributed by atoms with Crippen molar-refractivity contribution >= 4 is 22.4 Å². The van der Waals surface area contributed by atoms with Crippen LogP contribution in [-0.2, 0) is 4.79 Å². The monoisotopic (exact) mass is 339 g/mol. The summed E-state index contributed by atoms with van der Waals surface area (Å²) in [7, 11) is 1.61. The first-order valence-electron chi connectivity index (χ1n) is 7.86. The maximum Gasteiger partial charge on any atom is 0.265 e. The number of anilines is 1. The van der Waals surface area contributed by atoms with E-state index in [-0.39, 0.29) is 11.7 Å². The smallest absolute Gasteiger partial charge is 0.265 e. The van der Waals surface area contributed by atoms with Gasteiger partial charge in [0.1, 0.15) is 17.3 Å². The molecule has 0 radical (unpaired) electrons. The SMILES string of the molecule is COc1ccc2ccc(O[C@@H](C)C(=O)Nc3ccc(F)cc3)cc2c1. The van der Waals surface area contributed by atoms with E-state index in [1.54, 1.807) is 14.0 Å². The lowest BCUT2D eigenvalue weighted by molar-refractivity contribution is -0.122. The molecule has 0 bridgehead atoms. The number of hydrogen-bond donors (Lipinski definition) is 1. The zero-order valence-electron chi connectivity index (χ0n) is 14.0. The van der Waals surface area contributed by atoms with E-state index in [4.69, 9.17) is 9.47 Å². The molecule has 4 nitrogen and oxygen atoms in total. The van der Waals surface area contributed by atoms with Gasteiger partial charge in [0.25, 0.3) is 5.91 Å². The molecule has 0 aliphatic carbocycles. The predicted octanol–water partition coefficient (Wildman–Crippen LogP) is 4.39. The van der Waals surface area contributed by atoms with Crippen LogP contribution in [0, 0.1) is 5.82 Å². The lowest BCUT2D eigenvalue weighted by Crippen LogP contribution is -2.30. The number of hydrogen-bond acceptors (Lipinski definition) is 3. The van der Waals surface area contributed by atoms with E-state index in [1.807, 2.05) is 36.4 Å². The number of amides is 1. The molecule has 0 aromatic heterocycles. The Hall–Kier alpha value is -3.08. The standard InChI is InChI=1S/C20H18FNO3/c1-13(20(23)22-17-7-5-16(21)6-8-17)25-19-10-4-14-3-9-18(24-2)11-15(14)12-19/h3-13H,1-2H3,(H,22,23)/t13-/m0/s1. The van der Waals surface area contributed by atoms with Crippen LogP contribution in [-0.4, -0.2) is 19.1 Å². The van der Waals surface area contributed by atoms with Gasteiger partial charge in [-0.1, -0.05) is 12.1 Å². The van der Waals surface area contributed by atoms with Crippen LogP contribution in [0.15, 0.2) is 60.7 Å². The third-order valence-corrected chi connectivity index (χ3v) is 3.81. The van der Waals surface area contributed by atoms with Crippen molar-refractivity contribution in [3.63, 3.8) is 0 Å². The summed E-state index contributed by atoms with van der Waals surface area (Å²) in [6.07, 6.45) is -0.701. The quantitative estimate of drug-likeness (QED) is 0.750. The second-order valence-corrected chi connectivity index (χ2v) is 5.63. The molecule has 1 amide bonds. The molecule has 0 unspecified atom stereocenters. The molecule has 0 aliphatic heterocycles. The van der Waals surface area contributed by atoms with E-state index in [2.05, 4.69) is 5.32 Å². The fraction of sp³-hybridized carbons (Fsp3) is 0.150. The van der Waals surface area contributed by atoms with Gasteiger partial charge in [-0.2, -0.15) is 0 Å². The lowest BCUT2D eigenvalue weighted by Gasteiger charge is -2.15. The summed E-state index contributed by atoms with van der Waals surface area (Å²) < 4.78 is 23.9. The highest BCUT2D eigenvalue weighted by Crippen LogP contribution is 2.25. The second-order valence-electron chi connectivity index (χ2n) is 5.63. The van der Waals surface area contributed by atoms with E-state index >= 15 is 0 Å². The van der Waals surface area contributed by atoms with Crippen molar-refractivity contribution in [1.82, 2.24) is 0 Å². The molecule has 1 N–H and O–H groups in total. The van der Waals surface area contributed by atoms with Crippen molar-refractivity contribution in [2.24, 2.45) is 0 Å². The Morgan fingerprint density at radius 2 is 1.60 bits per heavy atom. The van der Waals surface area contributed by atoms with Crippen molar-refractivity contribution in [3.05, 3.63) is 66.5 Å². The van der Waals surface area contributed by atoms with Gasteiger partial charge in [-0.15, -0.1) is 0 Å². The van der Waals surface area contributed by atoms with Gasteiger partial charge in [0.2, 0.25) is 0 Å². The number of fused-ring (bicyclic) bond motifs is 1. The van der Waals surface area contributed by atoms with Crippen LogP contribution in [0.2, 0.25) is 0 Å². The summed E-state index contributed by atoms with van der Waals surface area (Å²) in [6, 6.07) is 16.9. The minimum absolute atomic E-state index is 0.308. The summed E-state index contributed by atoms with van der Waals surface area (Å²) in [6.45, 7) is 1.66. The average molecular weight is 339 g/mol. The van der Waals surface area contributed by atoms with Crippen molar-refractivity contribution in [1.29, 1.82) is 0 Å². The molecule has 3 aromatic carbocycles. The number of ether oxygens (including phenoxy) is 2.